The van der Waals surface area contributed by atoms with Crippen molar-refractivity contribution in [2.24, 2.45) is 11.8 Å². The number of piperidine rings is 1. The predicted octanol–water partition coefficient (Wildman–Crippen LogP) is 0.908. The van der Waals surface area contributed by atoms with Gasteiger partial charge in [0.05, 0.1) is 6.42 Å². The van der Waals surface area contributed by atoms with E-state index in [4.69, 9.17) is 0 Å². The van der Waals surface area contributed by atoms with E-state index in [-0.39, 0.29) is 36.3 Å². The van der Waals surface area contributed by atoms with Crippen LogP contribution in [0.1, 0.15) is 19.3 Å². The van der Waals surface area contributed by atoms with Crippen molar-refractivity contribution in [1.29, 1.82) is 0 Å². The zero-order chi connectivity index (χ0) is 9.42. The predicted molar refractivity (Wildman–Crippen MR) is 55.6 cm³/mol. The summed E-state index contributed by atoms with van der Waals surface area (Å²) in [6, 6.07) is 0. The number of ketones is 2. The third kappa shape index (κ3) is 2.15. The van der Waals surface area contributed by atoms with E-state index in [0.29, 0.717) is 12.3 Å². The maximum absolute atomic E-state index is 11.5. The van der Waals surface area contributed by atoms with Gasteiger partial charge >= 0.3 is 0 Å². The molecule has 80 valence electrons. The van der Waals surface area contributed by atoms with Crippen molar-refractivity contribution in [2.45, 2.75) is 19.3 Å². The van der Waals surface area contributed by atoms with Gasteiger partial charge in [0.1, 0.15) is 11.6 Å². The summed E-state index contributed by atoms with van der Waals surface area (Å²) in [5, 5.41) is 0. The maximum Gasteiger partial charge on any atom is 0.144 e. The van der Waals surface area contributed by atoms with Crippen LogP contribution in [0.25, 0.3) is 0 Å². The van der Waals surface area contributed by atoms with Gasteiger partial charge in [-0.05, 0) is 25.9 Å². The SMILES string of the molecule is CN1CCC2CC(=O)CC(=O)C2C1.Cl. The number of carbonyl (C=O) groups is 2. The molecule has 2 unspecified atom stereocenters. The largest absolute Gasteiger partial charge is 0.306 e. The van der Waals surface area contributed by atoms with Gasteiger partial charge in [0.2, 0.25) is 0 Å². The molecule has 2 aliphatic rings. The van der Waals surface area contributed by atoms with Crippen LogP contribution in [0.3, 0.4) is 0 Å². The van der Waals surface area contributed by atoms with Crippen molar-refractivity contribution in [3.05, 3.63) is 0 Å². The quantitative estimate of drug-likeness (QED) is 0.566. The van der Waals surface area contributed by atoms with Crippen molar-refractivity contribution >= 4 is 24.0 Å². The summed E-state index contributed by atoms with van der Waals surface area (Å²) in [7, 11) is 2.04. The Labute approximate surface area is 90.2 Å². The van der Waals surface area contributed by atoms with Gasteiger partial charge in [0.15, 0.2) is 0 Å². The fourth-order valence-electron chi connectivity index (χ4n) is 2.46. The first kappa shape index (κ1) is 11.7. The van der Waals surface area contributed by atoms with Crippen LogP contribution in [0.4, 0.5) is 0 Å². The second-order valence-corrected chi connectivity index (χ2v) is 4.30. The fraction of sp³-hybridized carbons (Fsp3) is 0.800. The highest BCUT2D eigenvalue weighted by Crippen LogP contribution is 2.31. The minimum absolute atomic E-state index is 0. The van der Waals surface area contributed by atoms with Gasteiger partial charge in [-0.25, -0.2) is 0 Å². The van der Waals surface area contributed by atoms with Crippen LogP contribution in [-0.2, 0) is 9.59 Å². The average Bonchev–Trinajstić information content (AvgIpc) is 2.06. The minimum atomic E-state index is 0. The van der Waals surface area contributed by atoms with E-state index in [1.54, 1.807) is 0 Å². The molecule has 0 bridgehead atoms. The molecule has 1 aliphatic heterocycles. The van der Waals surface area contributed by atoms with Crippen molar-refractivity contribution in [3.8, 4) is 0 Å². The van der Waals surface area contributed by atoms with E-state index in [0.717, 1.165) is 19.5 Å². The molecule has 1 saturated carbocycles. The molecule has 3 nitrogen and oxygen atoms in total. The molecule has 2 rings (SSSR count). The third-order valence-electron chi connectivity index (χ3n) is 3.23. The van der Waals surface area contributed by atoms with Crippen LogP contribution in [-0.4, -0.2) is 36.6 Å². The lowest BCUT2D eigenvalue weighted by Crippen LogP contribution is -2.45. The number of Topliss-reactive ketones (excluding diaryl/α,β-unsaturated/α-hetero) is 2. The van der Waals surface area contributed by atoms with E-state index in [1.807, 2.05) is 7.05 Å². The highest BCUT2D eigenvalue weighted by Gasteiger charge is 2.38. The molecule has 0 aromatic heterocycles. The molecular formula is C10H16ClNO2. The zero-order valence-electron chi connectivity index (χ0n) is 8.36. The first-order valence-electron chi connectivity index (χ1n) is 4.90. The molecule has 1 heterocycles. The number of carbonyl (C=O) groups excluding carboxylic acids is 2. The Morgan fingerprint density at radius 3 is 2.79 bits per heavy atom. The number of hydrogen-bond acceptors (Lipinski definition) is 3. The molecule has 2 fully saturated rings. The summed E-state index contributed by atoms with van der Waals surface area (Å²) in [5.41, 5.74) is 0. The Morgan fingerprint density at radius 1 is 1.36 bits per heavy atom. The van der Waals surface area contributed by atoms with Crippen LogP contribution in [0.2, 0.25) is 0 Å². The molecule has 0 amide bonds. The van der Waals surface area contributed by atoms with Gasteiger partial charge in [0.25, 0.3) is 0 Å². The molecule has 1 aliphatic carbocycles. The third-order valence-corrected chi connectivity index (χ3v) is 3.23. The van der Waals surface area contributed by atoms with Crippen LogP contribution in [0, 0.1) is 11.8 Å². The van der Waals surface area contributed by atoms with Gasteiger partial charge in [-0.2, -0.15) is 0 Å². The van der Waals surface area contributed by atoms with Gasteiger partial charge < -0.3 is 4.90 Å². The lowest BCUT2D eigenvalue weighted by Gasteiger charge is -2.38. The van der Waals surface area contributed by atoms with Crippen LogP contribution in [0.15, 0.2) is 0 Å². The molecule has 0 aromatic rings. The normalized spacial score (nSPS) is 33.5. The van der Waals surface area contributed by atoms with Gasteiger partial charge in [-0.1, -0.05) is 0 Å². The highest BCUT2D eigenvalue weighted by molar-refractivity contribution is 6.02. The van der Waals surface area contributed by atoms with Crippen molar-refractivity contribution in [1.82, 2.24) is 4.90 Å². The Bertz CT molecular complexity index is 255. The van der Waals surface area contributed by atoms with Gasteiger partial charge in [-0.15, -0.1) is 12.4 Å². The summed E-state index contributed by atoms with van der Waals surface area (Å²) in [4.78, 5) is 24.9. The second kappa shape index (κ2) is 4.41. The van der Waals surface area contributed by atoms with Crippen LogP contribution < -0.4 is 0 Å². The number of hydrogen-bond donors (Lipinski definition) is 0. The molecule has 0 N–H and O–H groups in total. The Balaban J connectivity index is 0.000000980. The summed E-state index contributed by atoms with van der Waals surface area (Å²) in [5.74, 6) is 0.824. The number of rotatable bonds is 0. The van der Waals surface area contributed by atoms with E-state index in [9.17, 15) is 9.59 Å². The average molecular weight is 218 g/mol. The summed E-state index contributed by atoms with van der Waals surface area (Å²) in [6.07, 6.45) is 1.85. The van der Waals surface area contributed by atoms with Crippen LogP contribution in [0.5, 0.6) is 0 Å². The summed E-state index contributed by atoms with van der Waals surface area (Å²) >= 11 is 0. The summed E-state index contributed by atoms with van der Waals surface area (Å²) < 4.78 is 0. The van der Waals surface area contributed by atoms with Crippen molar-refractivity contribution < 1.29 is 9.59 Å². The molecule has 14 heavy (non-hydrogen) atoms. The molecular weight excluding hydrogens is 202 g/mol. The first-order valence-corrected chi connectivity index (χ1v) is 4.90. The molecule has 0 radical (unpaired) electrons. The Kier molecular flexibility index (Phi) is 3.67. The fourth-order valence-corrected chi connectivity index (χ4v) is 2.46. The minimum Gasteiger partial charge on any atom is -0.306 e. The number of halogens is 1. The van der Waals surface area contributed by atoms with Crippen LogP contribution >= 0.6 is 12.4 Å². The van der Waals surface area contributed by atoms with E-state index < -0.39 is 0 Å². The van der Waals surface area contributed by atoms with Gasteiger partial charge in [-0.3, -0.25) is 9.59 Å². The highest BCUT2D eigenvalue weighted by atomic mass is 35.5. The zero-order valence-corrected chi connectivity index (χ0v) is 9.18. The maximum atomic E-state index is 11.5. The van der Waals surface area contributed by atoms with Crippen molar-refractivity contribution in [3.63, 3.8) is 0 Å². The van der Waals surface area contributed by atoms with E-state index in [2.05, 4.69) is 4.90 Å². The molecule has 1 saturated heterocycles. The number of likely N-dealkylation sites (tertiary alicyclic amines) is 1. The number of fused-ring (bicyclic) bond motifs is 1. The lowest BCUT2D eigenvalue weighted by atomic mass is 9.74. The lowest BCUT2D eigenvalue weighted by molar-refractivity contribution is -0.137. The standard InChI is InChI=1S/C10H15NO2.ClH/c1-11-3-2-7-4-8(12)5-10(13)9(7)6-11;/h7,9H,2-6H2,1H3;1H. The topological polar surface area (TPSA) is 37.4 Å². The second-order valence-electron chi connectivity index (χ2n) is 4.30. The first-order chi connectivity index (χ1) is 6.16. The smallest absolute Gasteiger partial charge is 0.144 e. The molecule has 0 spiro atoms. The van der Waals surface area contributed by atoms with E-state index >= 15 is 0 Å². The van der Waals surface area contributed by atoms with E-state index in [1.165, 1.54) is 0 Å². The van der Waals surface area contributed by atoms with Gasteiger partial charge in [0, 0.05) is 18.9 Å². The Morgan fingerprint density at radius 2 is 2.07 bits per heavy atom. The molecule has 2 atom stereocenters. The van der Waals surface area contributed by atoms with Crippen molar-refractivity contribution in [2.75, 3.05) is 20.1 Å². The Hall–Kier alpha value is -0.410. The molecule has 4 heteroatoms. The monoisotopic (exact) mass is 217 g/mol. The summed E-state index contributed by atoms with van der Waals surface area (Å²) in [6.45, 7) is 1.89. The number of nitrogens with zero attached hydrogens (tertiary/aromatic N) is 1. The molecule has 0 aromatic carbocycles.